The summed E-state index contributed by atoms with van der Waals surface area (Å²) in [5.41, 5.74) is 4.34. The van der Waals surface area contributed by atoms with Gasteiger partial charge in [-0.05, 0) is 42.7 Å². The van der Waals surface area contributed by atoms with Crippen LogP contribution in [-0.4, -0.2) is 51.7 Å². The third-order valence-corrected chi connectivity index (χ3v) is 6.46. The molecule has 3 rings (SSSR count). The lowest BCUT2D eigenvalue weighted by Gasteiger charge is -2.37. The van der Waals surface area contributed by atoms with Crippen LogP contribution in [0.4, 0.5) is 5.69 Å². The summed E-state index contributed by atoms with van der Waals surface area (Å²) < 4.78 is 23.9. The lowest BCUT2D eigenvalue weighted by atomic mass is 10.1. The molecule has 27 heavy (non-hydrogen) atoms. The quantitative estimate of drug-likeness (QED) is 0.810. The lowest BCUT2D eigenvalue weighted by Crippen LogP contribution is -2.49. The second-order valence-electron chi connectivity index (χ2n) is 7.14. The summed E-state index contributed by atoms with van der Waals surface area (Å²) in [7, 11) is -3.34. The number of sulfone groups is 1. The maximum absolute atomic E-state index is 12.7. The van der Waals surface area contributed by atoms with Gasteiger partial charge >= 0.3 is 0 Å². The minimum absolute atomic E-state index is 0.0216. The van der Waals surface area contributed by atoms with Crippen molar-refractivity contribution in [3.05, 3.63) is 59.2 Å². The Bertz CT molecular complexity index is 946. The monoisotopic (exact) mass is 386 g/mol. The number of carbonyl (C=O) groups excluding carboxylic acids is 1. The van der Waals surface area contributed by atoms with Crippen molar-refractivity contribution in [3.8, 4) is 0 Å². The Morgan fingerprint density at radius 2 is 1.63 bits per heavy atom. The van der Waals surface area contributed by atoms with Crippen molar-refractivity contribution in [2.45, 2.75) is 25.2 Å². The number of benzene rings is 2. The van der Waals surface area contributed by atoms with E-state index in [0.29, 0.717) is 18.7 Å². The van der Waals surface area contributed by atoms with Crippen molar-refractivity contribution >= 4 is 21.4 Å². The van der Waals surface area contributed by atoms with E-state index in [4.69, 9.17) is 0 Å². The Morgan fingerprint density at radius 3 is 2.30 bits per heavy atom. The highest BCUT2D eigenvalue weighted by atomic mass is 32.2. The van der Waals surface area contributed by atoms with E-state index in [0.717, 1.165) is 13.1 Å². The fourth-order valence-corrected chi connectivity index (χ4v) is 4.50. The van der Waals surface area contributed by atoms with Gasteiger partial charge in [-0.2, -0.15) is 0 Å². The Labute approximate surface area is 161 Å². The molecule has 1 fully saturated rings. The van der Waals surface area contributed by atoms with Gasteiger partial charge in [-0.25, -0.2) is 8.42 Å². The summed E-state index contributed by atoms with van der Waals surface area (Å²) in [6.07, 6.45) is 1.30. The fraction of sp³-hybridized carbons (Fsp3) is 0.381. The zero-order valence-electron chi connectivity index (χ0n) is 16.1. The molecule has 0 aliphatic carbocycles. The van der Waals surface area contributed by atoms with Crippen molar-refractivity contribution in [3.63, 3.8) is 0 Å². The maximum atomic E-state index is 12.7. The number of carbonyl (C=O) groups is 1. The summed E-state index contributed by atoms with van der Waals surface area (Å²) in [4.78, 5) is 17.1. The lowest BCUT2D eigenvalue weighted by molar-refractivity contribution is -0.130. The van der Waals surface area contributed by atoms with E-state index in [9.17, 15) is 13.2 Å². The molecule has 1 aliphatic rings. The third kappa shape index (κ3) is 4.33. The van der Waals surface area contributed by atoms with Gasteiger partial charge in [-0.1, -0.05) is 30.3 Å². The van der Waals surface area contributed by atoms with Crippen LogP contribution in [0.5, 0.6) is 0 Å². The van der Waals surface area contributed by atoms with Crippen LogP contribution in [-0.2, 0) is 21.1 Å². The SMILES string of the molecule is Cc1cccc(N2CCN(C(=O)Cc3ccccc3S(C)(=O)=O)CC2)c1C. The molecule has 6 heteroatoms. The Balaban J connectivity index is 1.67. The average Bonchev–Trinajstić information content (AvgIpc) is 2.64. The molecular weight excluding hydrogens is 360 g/mol. The van der Waals surface area contributed by atoms with E-state index in [1.54, 1.807) is 24.3 Å². The number of hydrogen-bond donors (Lipinski definition) is 0. The van der Waals surface area contributed by atoms with Crippen LogP contribution < -0.4 is 4.90 Å². The highest BCUT2D eigenvalue weighted by Crippen LogP contribution is 2.24. The largest absolute Gasteiger partial charge is 0.368 e. The van der Waals surface area contributed by atoms with Gasteiger partial charge in [0, 0.05) is 38.1 Å². The molecule has 1 aliphatic heterocycles. The van der Waals surface area contributed by atoms with Crippen molar-refractivity contribution in [1.29, 1.82) is 0 Å². The first kappa shape index (κ1) is 19.4. The molecule has 0 aromatic heterocycles. The first-order valence-electron chi connectivity index (χ1n) is 9.14. The third-order valence-electron chi connectivity index (χ3n) is 5.26. The normalized spacial score (nSPS) is 15.1. The summed E-state index contributed by atoms with van der Waals surface area (Å²) in [6.45, 7) is 7.09. The van der Waals surface area contributed by atoms with Crippen molar-refractivity contribution in [2.75, 3.05) is 37.3 Å². The molecule has 0 atom stereocenters. The van der Waals surface area contributed by atoms with Crippen LogP contribution >= 0.6 is 0 Å². The molecule has 0 saturated carbocycles. The molecule has 144 valence electrons. The molecular formula is C21H26N2O3S. The number of aryl methyl sites for hydroxylation is 1. The van der Waals surface area contributed by atoms with E-state index in [1.165, 1.54) is 23.1 Å². The standard InChI is InChI=1S/C21H26N2O3S/c1-16-7-6-9-19(17(16)2)22-11-13-23(14-12-22)21(24)15-18-8-4-5-10-20(18)27(3,25)26/h4-10H,11-15H2,1-3H3. The molecule has 0 radical (unpaired) electrons. The zero-order valence-corrected chi connectivity index (χ0v) is 16.9. The number of nitrogens with zero attached hydrogens (tertiary/aromatic N) is 2. The summed E-state index contributed by atoms with van der Waals surface area (Å²) in [6, 6.07) is 13.1. The number of anilines is 1. The minimum Gasteiger partial charge on any atom is -0.368 e. The van der Waals surface area contributed by atoms with E-state index in [1.807, 2.05) is 4.90 Å². The molecule has 1 heterocycles. The van der Waals surface area contributed by atoms with Crippen molar-refractivity contribution in [1.82, 2.24) is 4.90 Å². The van der Waals surface area contributed by atoms with E-state index in [-0.39, 0.29) is 17.2 Å². The highest BCUT2D eigenvalue weighted by Gasteiger charge is 2.24. The number of rotatable bonds is 4. The summed E-state index contributed by atoms with van der Waals surface area (Å²) in [5, 5.41) is 0. The highest BCUT2D eigenvalue weighted by molar-refractivity contribution is 7.90. The Morgan fingerprint density at radius 1 is 0.963 bits per heavy atom. The maximum Gasteiger partial charge on any atom is 0.227 e. The van der Waals surface area contributed by atoms with Crippen LogP contribution in [0.15, 0.2) is 47.4 Å². The van der Waals surface area contributed by atoms with Crippen LogP contribution in [0, 0.1) is 13.8 Å². The van der Waals surface area contributed by atoms with Gasteiger partial charge in [0.2, 0.25) is 5.91 Å². The molecule has 0 unspecified atom stereocenters. The smallest absolute Gasteiger partial charge is 0.227 e. The molecule has 0 N–H and O–H groups in total. The zero-order chi connectivity index (χ0) is 19.6. The predicted octanol–water partition coefficient (Wildman–Crippen LogP) is 2.60. The van der Waals surface area contributed by atoms with Gasteiger partial charge in [0.05, 0.1) is 11.3 Å². The Kier molecular flexibility index (Phi) is 5.56. The molecule has 0 spiro atoms. The van der Waals surface area contributed by atoms with Crippen LogP contribution in [0.25, 0.3) is 0 Å². The van der Waals surface area contributed by atoms with Crippen molar-refractivity contribution in [2.24, 2.45) is 0 Å². The molecule has 2 aromatic rings. The molecule has 0 bridgehead atoms. The van der Waals surface area contributed by atoms with E-state index in [2.05, 4.69) is 36.9 Å². The van der Waals surface area contributed by atoms with Crippen LogP contribution in [0.2, 0.25) is 0 Å². The molecule has 1 saturated heterocycles. The summed E-state index contributed by atoms with van der Waals surface area (Å²) in [5.74, 6) is -0.0216. The first-order valence-corrected chi connectivity index (χ1v) is 11.0. The van der Waals surface area contributed by atoms with Gasteiger partial charge in [0.25, 0.3) is 0 Å². The van der Waals surface area contributed by atoms with Gasteiger partial charge in [0.15, 0.2) is 9.84 Å². The van der Waals surface area contributed by atoms with Crippen LogP contribution in [0.1, 0.15) is 16.7 Å². The van der Waals surface area contributed by atoms with Crippen LogP contribution in [0.3, 0.4) is 0 Å². The number of piperazine rings is 1. The van der Waals surface area contributed by atoms with E-state index >= 15 is 0 Å². The predicted molar refractivity (Wildman–Crippen MR) is 108 cm³/mol. The first-order chi connectivity index (χ1) is 12.8. The van der Waals surface area contributed by atoms with Gasteiger partial charge in [-0.15, -0.1) is 0 Å². The molecule has 1 amide bonds. The van der Waals surface area contributed by atoms with E-state index < -0.39 is 9.84 Å². The van der Waals surface area contributed by atoms with Gasteiger partial charge < -0.3 is 9.80 Å². The van der Waals surface area contributed by atoms with Gasteiger partial charge in [0.1, 0.15) is 0 Å². The van der Waals surface area contributed by atoms with Gasteiger partial charge in [-0.3, -0.25) is 4.79 Å². The fourth-order valence-electron chi connectivity index (χ4n) is 3.56. The minimum atomic E-state index is -3.34. The second kappa shape index (κ2) is 7.72. The second-order valence-corrected chi connectivity index (χ2v) is 9.13. The molecule has 5 nitrogen and oxygen atoms in total. The summed E-state index contributed by atoms with van der Waals surface area (Å²) >= 11 is 0. The topological polar surface area (TPSA) is 57.7 Å². The molecule has 2 aromatic carbocycles. The number of amides is 1. The van der Waals surface area contributed by atoms with Crippen molar-refractivity contribution < 1.29 is 13.2 Å². The Hall–Kier alpha value is -2.34. The average molecular weight is 387 g/mol. The number of hydrogen-bond acceptors (Lipinski definition) is 4.